The Morgan fingerprint density at radius 2 is 1.68 bits per heavy atom. The summed E-state index contributed by atoms with van der Waals surface area (Å²) in [6.07, 6.45) is 0. The molecule has 0 saturated carbocycles. The Labute approximate surface area is 112 Å². The van der Waals surface area contributed by atoms with Gasteiger partial charge in [-0.1, -0.05) is 12.1 Å². The lowest BCUT2D eigenvalue weighted by Gasteiger charge is -2.13. The van der Waals surface area contributed by atoms with Gasteiger partial charge in [-0.05, 0) is 36.4 Å². The van der Waals surface area contributed by atoms with Crippen molar-refractivity contribution in [2.75, 3.05) is 30.0 Å². The molecule has 1 amide bonds. The van der Waals surface area contributed by atoms with Crippen molar-refractivity contribution in [2.24, 2.45) is 0 Å². The Balaban J connectivity index is 2.14. The lowest BCUT2D eigenvalue weighted by molar-refractivity contribution is 0.102. The van der Waals surface area contributed by atoms with Gasteiger partial charge >= 0.3 is 0 Å². The molecule has 0 atom stereocenters. The highest BCUT2D eigenvalue weighted by atomic mass is 16.1. The van der Waals surface area contributed by atoms with Gasteiger partial charge in [-0.25, -0.2) is 0 Å². The molecule has 0 aromatic heterocycles. The number of hydrogen-bond acceptors (Lipinski definition) is 3. The topological polar surface area (TPSA) is 58.4 Å². The number of rotatable bonds is 3. The van der Waals surface area contributed by atoms with Crippen molar-refractivity contribution < 1.29 is 4.79 Å². The zero-order valence-electron chi connectivity index (χ0n) is 11.1. The van der Waals surface area contributed by atoms with Gasteiger partial charge in [0.25, 0.3) is 5.91 Å². The van der Waals surface area contributed by atoms with Gasteiger partial charge in [0, 0.05) is 25.3 Å². The van der Waals surface area contributed by atoms with Crippen LogP contribution in [0.1, 0.15) is 10.4 Å². The molecule has 19 heavy (non-hydrogen) atoms. The van der Waals surface area contributed by atoms with Gasteiger partial charge in [0.2, 0.25) is 0 Å². The fourth-order valence-corrected chi connectivity index (χ4v) is 1.72. The number of anilines is 3. The highest BCUT2D eigenvalue weighted by Crippen LogP contribution is 2.18. The van der Waals surface area contributed by atoms with E-state index in [1.54, 1.807) is 24.3 Å². The lowest BCUT2D eigenvalue weighted by Crippen LogP contribution is -2.14. The standard InChI is InChI=1S/C15H17N3O/c1-18(2)12-9-7-11(8-10-12)15(19)17-14-6-4-3-5-13(14)16/h3-10H,16H2,1-2H3,(H,17,19). The largest absolute Gasteiger partial charge is 0.397 e. The number of nitrogens with zero attached hydrogens (tertiary/aromatic N) is 1. The summed E-state index contributed by atoms with van der Waals surface area (Å²) in [6.45, 7) is 0. The van der Waals surface area contributed by atoms with Crippen LogP contribution in [0.3, 0.4) is 0 Å². The van der Waals surface area contributed by atoms with Crippen LogP contribution in [0.25, 0.3) is 0 Å². The average Bonchev–Trinajstić information content (AvgIpc) is 2.41. The first kappa shape index (κ1) is 13.0. The fraction of sp³-hybridized carbons (Fsp3) is 0.133. The van der Waals surface area contributed by atoms with Gasteiger partial charge in [0.1, 0.15) is 0 Å². The van der Waals surface area contributed by atoms with E-state index in [1.807, 2.05) is 43.3 Å². The number of nitrogens with two attached hydrogens (primary N) is 1. The predicted molar refractivity (Wildman–Crippen MR) is 79.6 cm³/mol. The number of carbonyl (C=O) groups is 1. The first-order chi connectivity index (χ1) is 9.08. The van der Waals surface area contributed by atoms with Gasteiger partial charge in [0.15, 0.2) is 0 Å². The zero-order valence-corrected chi connectivity index (χ0v) is 11.1. The predicted octanol–water partition coefficient (Wildman–Crippen LogP) is 2.59. The molecule has 0 aliphatic carbocycles. The molecule has 0 saturated heterocycles. The van der Waals surface area contributed by atoms with Crippen molar-refractivity contribution in [2.45, 2.75) is 0 Å². The summed E-state index contributed by atoms with van der Waals surface area (Å²) in [6, 6.07) is 14.6. The SMILES string of the molecule is CN(C)c1ccc(C(=O)Nc2ccccc2N)cc1. The monoisotopic (exact) mass is 255 g/mol. The van der Waals surface area contributed by atoms with Crippen LogP contribution in [0.15, 0.2) is 48.5 Å². The zero-order chi connectivity index (χ0) is 13.8. The van der Waals surface area contributed by atoms with E-state index in [4.69, 9.17) is 5.73 Å². The number of carbonyl (C=O) groups excluding carboxylic acids is 1. The molecular weight excluding hydrogens is 238 g/mol. The van der Waals surface area contributed by atoms with E-state index < -0.39 is 0 Å². The van der Waals surface area contributed by atoms with Crippen LogP contribution in [0.2, 0.25) is 0 Å². The van der Waals surface area contributed by atoms with Crippen LogP contribution < -0.4 is 16.0 Å². The maximum atomic E-state index is 12.1. The smallest absolute Gasteiger partial charge is 0.255 e. The number of nitrogens with one attached hydrogen (secondary N) is 1. The molecule has 4 nitrogen and oxygen atoms in total. The summed E-state index contributed by atoms with van der Waals surface area (Å²) in [7, 11) is 3.92. The minimum atomic E-state index is -0.164. The molecule has 0 heterocycles. The molecule has 4 heteroatoms. The van der Waals surface area contributed by atoms with Crippen molar-refractivity contribution in [1.29, 1.82) is 0 Å². The van der Waals surface area contributed by atoms with Crippen LogP contribution in [-0.2, 0) is 0 Å². The Morgan fingerprint density at radius 1 is 1.05 bits per heavy atom. The molecule has 3 N–H and O–H groups in total. The molecular formula is C15H17N3O. The van der Waals surface area contributed by atoms with Crippen LogP contribution >= 0.6 is 0 Å². The van der Waals surface area contributed by atoms with E-state index >= 15 is 0 Å². The molecule has 0 aliphatic heterocycles. The fourth-order valence-electron chi connectivity index (χ4n) is 1.72. The first-order valence-corrected chi connectivity index (χ1v) is 6.01. The second-order valence-corrected chi connectivity index (χ2v) is 4.48. The minimum Gasteiger partial charge on any atom is -0.397 e. The Morgan fingerprint density at radius 3 is 2.26 bits per heavy atom. The maximum absolute atomic E-state index is 12.1. The summed E-state index contributed by atoms with van der Waals surface area (Å²) in [5.74, 6) is -0.164. The molecule has 0 spiro atoms. The van der Waals surface area contributed by atoms with E-state index in [0.717, 1.165) is 5.69 Å². The van der Waals surface area contributed by atoms with E-state index in [2.05, 4.69) is 5.32 Å². The normalized spacial score (nSPS) is 10.0. The van der Waals surface area contributed by atoms with Gasteiger partial charge < -0.3 is 16.0 Å². The molecule has 98 valence electrons. The number of amides is 1. The van der Waals surface area contributed by atoms with E-state index in [0.29, 0.717) is 16.9 Å². The number of benzene rings is 2. The third kappa shape index (κ3) is 3.04. The van der Waals surface area contributed by atoms with E-state index in [-0.39, 0.29) is 5.91 Å². The molecule has 0 aliphatic rings. The first-order valence-electron chi connectivity index (χ1n) is 6.01. The number of para-hydroxylation sites is 2. The van der Waals surface area contributed by atoms with Gasteiger partial charge in [-0.3, -0.25) is 4.79 Å². The Kier molecular flexibility index (Phi) is 3.71. The van der Waals surface area contributed by atoms with Crippen LogP contribution in [0.5, 0.6) is 0 Å². The van der Waals surface area contributed by atoms with Crippen molar-refractivity contribution >= 4 is 23.0 Å². The van der Waals surface area contributed by atoms with Crippen LogP contribution in [-0.4, -0.2) is 20.0 Å². The Bertz CT molecular complexity index is 576. The summed E-state index contributed by atoms with van der Waals surface area (Å²) in [5.41, 5.74) is 8.63. The maximum Gasteiger partial charge on any atom is 0.255 e. The highest BCUT2D eigenvalue weighted by molar-refractivity contribution is 6.05. The molecule has 0 bridgehead atoms. The summed E-state index contributed by atoms with van der Waals surface area (Å²) in [5, 5.41) is 2.80. The van der Waals surface area contributed by atoms with Gasteiger partial charge in [-0.2, -0.15) is 0 Å². The minimum absolute atomic E-state index is 0.164. The molecule has 2 aromatic rings. The van der Waals surface area contributed by atoms with Crippen LogP contribution in [0, 0.1) is 0 Å². The number of nitrogen functional groups attached to an aromatic ring is 1. The van der Waals surface area contributed by atoms with Crippen molar-refractivity contribution in [3.05, 3.63) is 54.1 Å². The molecule has 2 aromatic carbocycles. The lowest BCUT2D eigenvalue weighted by atomic mass is 10.1. The van der Waals surface area contributed by atoms with Crippen molar-refractivity contribution in [1.82, 2.24) is 0 Å². The average molecular weight is 255 g/mol. The molecule has 0 fully saturated rings. The second kappa shape index (κ2) is 5.44. The van der Waals surface area contributed by atoms with Crippen LogP contribution in [0.4, 0.5) is 17.1 Å². The third-order valence-electron chi connectivity index (χ3n) is 2.85. The summed E-state index contributed by atoms with van der Waals surface area (Å²) < 4.78 is 0. The molecule has 0 radical (unpaired) electrons. The van der Waals surface area contributed by atoms with Gasteiger partial charge in [0.05, 0.1) is 11.4 Å². The van der Waals surface area contributed by atoms with Crippen molar-refractivity contribution in [3.8, 4) is 0 Å². The van der Waals surface area contributed by atoms with Crippen molar-refractivity contribution in [3.63, 3.8) is 0 Å². The summed E-state index contributed by atoms with van der Waals surface area (Å²) in [4.78, 5) is 14.1. The second-order valence-electron chi connectivity index (χ2n) is 4.48. The quantitative estimate of drug-likeness (QED) is 0.829. The van der Waals surface area contributed by atoms with E-state index in [9.17, 15) is 4.79 Å². The molecule has 0 unspecified atom stereocenters. The third-order valence-corrected chi connectivity index (χ3v) is 2.85. The van der Waals surface area contributed by atoms with E-state index in [1.165, 1.54) is 0 Å². The van der Waals surface area contributed by atoms with Gasteiger partial charge in [-0.15, -0.1) is 0 Å². The highest BCUT2D eigenvalue weighted by Gasteiger charge is 2.07. The summed E-state index contributed by atoms with van der Waals surface area (Å²) >= 11 is 0. The Hall–Kier alpha value is -2.49. The number of hydrogen-bond donors (Lipinski definition) is 2. The molecule has 2 rings (SSSR count).